The van der Waals surface area contributed by atoms with Crippen molar-refractivity contribution < 1.29 is 17.2 Å². The van der Waals surface area contributed by atoms with Crippen LogP contribution < -0.4 is 4.72 Å². The molecule has 0 amide bonds. The van der Waals surface area contributed by atoms with Crippen LogP contribution >= 0.6 is 0 Å². The van der Waals surface area contributed by atoms with Gasteiger partial charge in [0.15, 0.2) is 0 Å². The zero-order valence-corrected chi connectivity index (χ0v) is 13.5. The molecule has 1 N–H and O–H groups in total. The van der Waals surface area contributed by atoms with E-state index in [-0.39, 0.29) is 4.90 Å². The van der Waals surface area contributed by atoms with Crippen molar-refractivity contribution in [1.82, 2.24) is 4.72 Å². The van der Waals surface area contributed by atoms with Gasteiger partial charge in [-0.15, -0.1) is 0 Å². The van der Waals surface area contributed by atoms with E-state index in [9.17, 15) is 12.8 Å². The fourth-order valence-electron chi connectivity index (χ4n) is 2.57. The van der Waals surface area contributed by atoms with E-state index in [1.807, 2.05) is 31.2 Å². The van der Waals surface area contributed by atoms with E-state index in [1.54, 1.807) is 6.92 Å². The van der Waals surface area contributed by atoms with Crippen LogP contribution in [0.25, 0.3) is 11.0 Å². The minimum absolute atomic E-state index is 0.0134. The first-order valence-corrected chi connectivity index (χ1v) is 8.63. The largest absolute Gasteiger partial charge is 0.459 e. The van der Waals surface area contributed by atoms with Crippen LogP contribution in [0.4, 0.5) is 4.39 Å². The van der Waals surface area contributed by atoms with E-state index >= 15 is 0 Å². The van der Waals surface area contributed by atoms with E-state index in [2.05, 4.69) is 4.72 Å². The minimum atomic E-state index is -3.76. The van der Waals surface area contributed by atoms with Crippen LogP contribution in [-0.4, -0.2) is 8.42 Å². The molecule has 2 aromatic carbocycles. The van der Waals surface area contributed by atoms with Gasteiger partial charge in [0.2, 0.25) is 10.0 Å². The molecular formula is C17H16FNO3S. The molecule has 0 spiro atoms. The molecule has 0 aliphatic heterocycles. The molecule has 1 heterocycles. The molecule has 23 heavy (non-hydrogen) atoms. The fraction of sp³-hybridized carbons (Fsp3) is 0.176. The van der Waals surface area contributed by atoms with Gasteiger partial charge in [-0.25, -0.2) is 17.5 Å². The quantitative estimate of drug-likeness (QED) is 0.787. The number of halogens is 1. The van der Waals surface area contributed by atoms with Gasteiger partial charge in [0.05, 0.1) is 10.9 Å². The summed E-state index contributed by atoms with van der Waals surface area (Å²) < 4.78 is 46.0. The molecule has 0 aliphatic rings. The van der Waals surface area contributed by atoms with Gasteiger partial charge in [0.1, 0.15) is 17.2 Å². The van der Waals surface area contributed by atoms with E-state index in [0.29, 0.717) is 11.3 Å². The Kier molecular flexibility index (Phi) is 3.95. The number of hydrogen-bond donors (Lipinski definition) is 1. The van der Waals surface area contributed by atoms with E-state index in [0.717, 1.165) is 23.1 Å². The Morgan fingerprint density at radius 2 is 1.74 bits per heavy atom. The summed E-state index contributed by atoms with van der Waals surface area (Å²) in [7, 11) is -3.76. The number of para-hydroxylation sites is 1. The second-order valence-electron chi connectivity index (χ2n) is 5.38. The number of furan rings is 1. The summed E-state index contributed by atoms with van der Waals surface area (Å²) in [6.45, 7) is 3.61. The van der Waals surface area contributed by atoms with Crippen LogP contribution in [0.3, 0.4) is 0 Å². The lowest BCUT2D eigenvalue weighted by Gasteiger charge is -2.13. The van der Waals surface area contributed by atoms with Gasteiger partial charge in [-0.2, -0.15) is 0 Å². The summed E-state index contributed by atoms with van der Waals surface area (Å²) in [6, 6.07) is 11.7. The summed E-state index contributed by atoms with van der Waals surface area (Å²) in [4.78, 5) is 0.0134. The maximum Gasteiger partial charge on any atom is 0.241 e. The Labute approximate surface area is 134 Å². The lowest BCUT2D eigenvalue weighted by Crippen LogP contribution is -2.27. The molecule has 3 aromatic rings. The van der Waals surface area contributed by atoms with Gasteiger partial charge < -0.3 is 4.42 Å². The van der Waals surface area contributed by atoms with Gasteiger partial charge in [-0.3, -0.25) is 0 Å². The first kappa shape index (κ1) is 15.7. The van der Waals surface area contributed by atoms with Crippen LogP contribution in [0.1, 0.15) is 24.3 Å². The highest BCUT2D eigenvalue weighted by atomic mass is 32.2. The Morgan fingerprint density at radius 3 is 2.39 bits per heavy atom. The Balaban J connectivity index is 1.92. The van der Waals surface area contributed by atoms with Crippen LogP contribution in [0.5, 0.6) is 0 Å². The van der Waals surface area contributed by atoms with E-state index in [1.165, 1.54) is 12.1 Å². The Morgan fingerprint density at radius 1 is 1.09 bits per heavy atom. The third-order valence-electron chi connectivity index (χ3n) is 3.73. The normalized spacial score (nSPS) is 13.3. The third kappa shape index (κ3) is 3.00. The van der Waals surface area contributed by atoms with Crippen molar-refractivity contribution in [2.24, 2.45) is 0 Å². The van der Waals surface area contributed by atoms with Crippen molar-refractivity contribution in [3.8, 4) is 0 Å². The van der Waals surface area contributed by atoms with Crippen LogP contribution in [0, 0.1) is 12.7 Å². The number of aryl methyl sites for hydroxylation is 1. The predicted octanol–water partition coefficient (Wildman–Crippen LogP) is 3.92. The molecule has 0 fully saturated rings. The predicted molar refractivity (Wildman–Crippen MR) is 86.1 cm³/mol. The molecule has 1 atom stereocenters. The average Bonchev–Trinajstić information content (AvgIpc) is 2.85. The number of nitrogens with one attached hydrogen (secondary N) is 1. The maximum atomic E-state index is 12.9. The van der Waals surface area contributed by atoms with Gasteiger partial charge in [-0.05, 0) is 44.2 Å². The molecule has 120 valence electrons. The molecule has 3 rings (SSSR count). The molecule has 0 saturated heterocycles. The smallest absolute Gasteiger partial charge is 0.241 e. The Bertz CT molecular complexity index is 946. The molecule has 1 aromatic heterocycles. The number of benzene rings is 2. The molecule has 0 aliphatic carbocycles. The zero-order chi connectivity index (χ0) is 16.6. The van der Waals surface area contributed by atoms with Crippen molar-refractivity contribution in [3.63, 3.8) is 0 Å². The van der Waals surface area contributed by atoms with Crippen molar-refractivity contribution >= 4 is 21.0 Å². The molecular weight excluding hydrogens is 317 g/mol. The summed E-state index contributed by atoms with van der Waals surface area (Å²) >= 11 is 0. The second-order valence-corrected chi connectivity index (χ2v) is 7.10. The van der Waals surface area contributed by atoms with Gasteiger partial charge >= 0.3 is 0 Å². The van der Waals surface area contributed by atoms with E-state index in [4.69, 9.17) is 4.42 Å². The van der Waals surface area contributed by atoms with Crippen molar-refractivity contribution in [2.75, 3.05) is 0 Å². The number of rotatable bonds is 4. The zero-order valence-electron chi connectivity index (χ0n) is 12.7. The van der Waals surface area contributed by atoms with Crippen molar-refractivity contribution in [3.05, 3.63) is 65.7 Å². The lowest BCUT2D eigenvalue weighted by molar-refractivity contribution is 0.481. The van der Waals surface area contributed by atoms with Crippen LogP contribution in [0.2, 0.25) is 0 Å². The Hall–Kier alpha value is -2.18. The monoisotopic (exact) mass is 333 g/mol. The van der Waals surface area contributed by atoms with Gasteiger partial charge in [0, 0.05) is 10.9 Å². The van der Waals surface area contributed by atoms with Crippen LogP contribution in [0.15, 0.2) is 57.8 Å². The number of sulfonamides is 1. The highest BCUT2D eigenvalue weighted by Crippen LogP contribution is 2.29. The summed E-state index contributed by atoms with van der Waals surface area (Å²) in [5, 5.41) is 0.954. The summed E-state index contributed by atoms with van der Waals surface area (Å²) in [5.74, 6) is 0.0852. The second kappa shape index (κ2) is 5.79. The van der Waals surface area contributed by atoms with E-state index < -0.39 is 21.9 Å². The molecule has 1 unspecified atom stereocenters. The maximum absolute atomic E-state index is 12.9. The van der Waals surface area contributed by atoms with Gasteiger partial charge in [0.25, 0.3) is 0 Å². The van der Waals surface area contributed by atoms with Crippen molar-refractivity contribution in [2.45, 2.75) is 24.8 Å². The summed E-state index contributed by atoms with van der Waals surface area (Å²) in [6.07, 6.45) is 0. The standard InChI is InChI=1S/C17H16FNO3S/c1-11-15-5-3-4-6-16(15)22-17(11)12(2)19-23(20,21)14-9-7-13(18)8-10-14/h3-10,12,19H,1-2H3. The number of hydrogen-bond acceptors (Lipinski definition) is 3. The highest BCUT2D eigenvalue weighted by Gasteiger charge is 2.23. The third-order valence-corrected chi connectivity index (χ3v) is 5.29. The molecule has 0 radical (unpaired) electrons. The topological polar surface area (TPSA) is 59.3 Å². The molecule has 6 heteroatoms. The highest BCUT2D eigenvalue weighted by molar-refractivity contribution is 7.89. The number of fused-ring (bicyclic) bond motifs is 1. The molecule has 0 saturated carbocycles. The SMILES string of the molecule is Cc1c(C(C)NS(=O)(=O)c2ccc(F)cc2)oc2ccccc12. The molecule has 4 nitrogen and oxygen atoms in total. The first-order chi connectivity index (χ1) is 10.9. The summed E-state index contributed by atoms with van der Waals surface area (Å²) in [5.41, 5.74) is 1.61. The molecule has 0 bridgehead atoms. The van der Waals surface area contributed by atoms with Gasteiger partial charge in [-0.1, -0.05) is 18.2 Å². The lowest BCUT2D eigenvalue weighted by atomic mass is 10.1. The van der Waals surface area contributed by atoms with Crippen molar-refractivity contribution in [1.29, 1.82) is 0 Å². The fourth-order valence-corrected chi connectivity index (χ4v) is 3.78. The average molecular weight is 333 g/mol. The minimum Gasteiger partial charge on any atom is -0.459 e. The van der Waals surface area contributed by atoms with Crippen LogP contribution in [-0.2, 0) is 10.0 Å². The first-order valence-electron chi connectivity index (χ1n) is 7.14.